The van der Waals surface area contributed by atoms with Gasteiger partial charge in [-0.05, 0) is 70.2 Å². The molecule has 0 aliphatic carbocycles. The Morgan fingerprint density at radius 2 is 1.00 bits per heavy atom. The Hall–Kier alpha value is -2.43. The SMILES string of the molecule is CC(C)=CC[C@@H](C=C(C)C)[P+](c1ccccc1)(c1ccccc1)c1ccccc1. The lowest BCUT2D eigenvalue weighted by Gasteiger charge is -2.33. The topological polar surface area (TPSA) is 0 Å². The maximum atomic E-state index is 2.51. The van der Waals surface area contributed by atoms with E-state index < -0.39 is 7.26 Å². The molecular weight excluding hydrogens is 367 g/mol. The third-order valence-electron chi connectivity index (χ3n) is 5.28. The Morgan fingerprint density at radius 1 is 0.621 bits per heavy atom. The molecule has 3 aromatic rings. The van der Waals surface area contributed by atoms with Gasteiger partial charge in [0.1, 0.15) is 28.8 Å². The first-order chi connectivity index (χ1) is 14.0. The third kappa shape index (κ3) is 4.77. The summed E-state index contributed by atoms with van der Waals surface area (Å²) in [6.45, 7) is 8.86. The number of hydrogen-bond acceptors (Lipinski definition) is 0. The molecule has 0 fully saturated rings. The highest BCUT2D eigenvalue weighted by molar-refractivity contribution is 7.96. The quantitative estimate of drug-likeness (QED) is 0.307. The van der Waals surface area contributed by atoms with Gasteiger partial charge >= 0.3 is 0 Å². The molecule has 0 spiro atoms. The molecule has 0 radical (unpaired) electrons. The second kappa shape index (κ2) is 9.86. The van der Waals surface area contributed by atoms with E-state index in [1.807, 2.05) is 0 Å². The fourth-order valence-electron chi connectivity index (χ4n) is 4.09. The summed E-state index contributed by atoms with van der Waals surface area (Å²) < 4.78 is 0. The van der Waals surface area contributed by atoms with Crippen LogP contribution < -0.4 is 15.9 Å². The zero-order valence-electron chi connectivity index (χ0n) is 18.0. The van der Waals surface area contributed by atoms with Crippen molar-refractivity contribution in [2.24, 2.45) is 0 Å². The second-order valence-corrected chi connectivity index (χ2v) is 11.7. The summed E-state index contributed by atoms with van der Waals surface area (Å²) in [5.74, 6) is 0. The van der Waals surface area contributed by atoms with E-state index in [2.05, 4.69) is 131 Å². The normalized spacial score (nSPS) is 12.1. The van der Waals surface area contributed by atoms with Gasteiger partial charge in [0.25, 0.3) is 0 Å². The third-order valence-corrected chi connectivity index (χ3v) is 9.97. The molecule has 1 atom stereocenters. The van der Waals surface area contributed by atoms with Crippen LogP contribution in [-0.4, -0.2) is 5.66 Å². The van der Waals surface area contributed by atoms with E-state index in [0.29, 0.717) is 5.66 Å². The average Bonchev–Trinajstić information content (AvgIpc) is 2.74. The maximum absolute atomic E-state index is 2.51. The van der Waals surface area contributed by atoms with Crippen molar-refractivity contribution in [2.75, 3.05) is 0 Å². The molecule has 0 bridgehead atoms. The number of benzene rings is 3. The van der Waals surface area contributed by atoms with E-state index in [1.165, 1.54) is 27.1 Å². The fourth-order valence-corrected chi connectivity index (χ4v) is 9.00. The molecule has 0 N–H and O–H groups in total. The molecule has 0 amide bonds. The molecule has 3 rings (SSSR count). The standard InChI is InChI=1S/C28H32P/c1-23(2)20-21-28(22-24(3)4)29(25-14-8-5-9-15-25,26-16-10-6-11-17-26)27-18-12-7-13-19-27/h5-20,22,28H,21H2,1-4H3/q+1/t28-/m0/s1. The average molecular weight is 400 g/mol. The van der Waals surface area contributed by atoms with Crippen LogP contribution in [0.5, 0.6) is 0 Å². The monoisotopic (exact) mass is 399 g/mol. The summed E-state index contributed by atoms with van der Waals surface area (Å²) in [5, 5.41) is 4.34. The zero-order chi connectivity index (χ0) is 20.7. The van der Waals surface area contributed by atoms with Gasteiger partial charge in [0, 0.05) is 6.42 Å². The number of allylic oxidation sites excluding steroid dienone is 4. The maximum Gasteiger partial charge on any atom is 0.119 e. The molecule has 1 heteroatoms. The van der Waals surface area contributed by atoms with Crippen molar-refractivity contribution in [1.82, 2.24) is 0 Å². The lowest BCUT2D eigenvalue weighted by Crippen LogP contribution is -2.38. The van der Waals surface area contributed by atoms with Gasteiger partial charge in [0.05, 0.1) is 0 Å². The van der Waals surface area contributed by atoms with Crippen molar-refractivity contribution in [3.8, 4) is 0 Å². The largest absolute Gasteiger partial charge is 0.119 e. The van der Waals surface area contributed by atoms with Crippen LogP contribution in [0.3, 0.4) is 0 Å². The molecule has 0 heterocycles. The van der Waals surface area contributed by atoms with Crippen molar-refractivity contribution in [3.05, 3.63) is 114 Å². The van der Waals surface area contributed by atoms with E-state index in [9.17, 15) is 0 Å². The molecule has 3 aromatic carbocycles. The van der Waals surface area contributed by atoms with E-state index >= 15 is 0 Å². The predicted molar refractivity (Wildman–Crippen MR) is 132 cm³/mol. The van der Waals surface area contributed by atoms with Gasteiger partial charge in [0.15, 0.2) is 0 Å². The first kappa shape index (κ1) is 21.3. The molecule has 0 unspecified atom stereocenters. The Bertz CT molecular complexity index is 848. The zero-order valence-corrected chi connectivity index (χ0v) is 18.9. The Kier molecular flexibility index (Phi) is 7.24. The van der Waals surface area contributed by atoms with Crippen LogP contribution in [0.4, 0.5) is 0 Å². The lowest BCUT2D eigenvalue weighted by atomic mass is 10.2. The number of hydrogen-bond donors (Lipinski definition) is 0. The molecule has 0 aliphatic heterocycles. The van der Waals surface area contributed by atoms with Gasteiger partial charge in [-0.25, -0.2) is 0 Å². The van der Waals surface area contributed by atoms with Gasteiger partial charge in [-0.2, -0.15) is 0 Å². The first-order valence-electron chi connectivity index (χ1n) is 10.4. The Balaban J connectivity index is 2.40. The van der Waals surface area contributed by atoms with Gasteiger partial charge in [-0.15, -0.1) is 0 Å². The summed E-state index contributed by atoms with van der Waals surface area (Å²) >= 11 is 0. The van der Waals surface area contributed by atoms with Crippen LogP contribution in [0.2, 0.25) is 0 Å². The van der Waals surface area contributed by atoms with E-state index in [4.69, 9.17) is 0 Å². The minimum Gasteiger partial charge on any atom is -0.0816 e. The lowest BCUT2D eigenvalue weighted by molar-refractivity contribution is 1.02. The van der Waals surface area contributed by atoms with Crippen LogP contribution in [-0.2, 0) is 0 Å². The van der Waals surface area contributed by atoms with Crippen molar-refractivity contribution >= 4 is 23.2 Å². The molecule has 0 saturated carbocycles. The van der Waals surface area contributed by atoms with Gasteiger partial charge < -0.3 is 0 Å². The minimum atomic E-state index is -1.89. The smallest absolute Gasteiger partial charge is 0.0816 e. The van der Waals surface area contributed by atoms with Crippen LogP contribution >= 0.6 is 7.26 Å². The molecule has 0 aromatic heterocycles. The van der Waals surface area contributed by atoms with Gasteiger partial charge in [-0.3, -0.25) is 0 Å². The van der Waals surface area contributed by atoms with Gasteiger partial charge in [-0.1, -0.05) is 71.8 Å². The van der Waals surface area contributed by atoms with Gasteiger partial charge in [0.2, 0.25) is 0 Å². The van der Waals surface area contributed by atoms with E-state index in [0.717, 1.165) is 6.42 Å². The van der Waals surface area contributed by atoms with E-state index in [-0.39, 0.29) is 0 Å². The second-order valence-electron chi connectivity index (χ2n) is 8.06. The van der Waals surface area contributed by atoms with Crippen molar-refractivity contribution in [3.63, 3.8) is 0 Å². The fraction of sp³-hybridized carbons (Fsp3) is 0.214. The summed E-state index contributed by atoms with van der Waals surface area (Å²) in [6.07, 6.45) is 5.97. The van der Waals surface area contributed by atoms with Crippen LogP contribution in [0.25, 0.3) is 0 Å². The molecule has 0 aliphatic rings. The highest BCUT2D eigenvalue weighted by atomic mass is 31.2. The minimum absolute atomic E-state index is 0.412. The summed E-state index contributed by atoms with van der Waals surface area (Å²) in [7, 11) is -1.89. The highest BCUT2D eigenvalue weighted by Crippen LogP contribution is 2.61. The molecule has 0 saturated heterocycles. The number of rotatable bonds is 7. The first-order valence-corrected chi connectivity index (χ1v) is 12.2. The molecule has 0 nitrogen and oxygen atoms in total. The predicted octanol–water partition coefficient (Wildman–Crippen LogP) is 6.67. The summed E-state index contributed by atoms with van der Waals surface area (Å²) in [4.78, 5) is 0. The summed E-state index contributed by atoms with van der Waals surface area (Å²) in [5.41, 5.74) is 3.17. The van der Waals surface area contributed by atoms with Crippen LogP contribution in [0.1, 0.15) is 34.1 Å². The van der Waals surface area contributed by atoms with E-state index in [1.54, 1.807) is 0 Å². The van der Waals surface area contributed by atoms with Crippen LogP contribution in [0, 0.1) is 0 Å². The molecular formula is C28H32P+. The Labute approximate surface area is 177 Å². The van der Waals surface area contributed by atoms with Crippen LogP contribution in [0.15, 0.2) is 114 Å². The Morgan fingerprint density at radius 3 is 1.31 bits per heavy atom. The van der Waals surface area contributed by atoms with Crippen molar-refractivity contribution < 1.29 is 0 Å². The summed E-state index contributed by atoms with van der Waals surface area (Å²) in [6, 6.07) is 33.5. The van der Waals surface area contributed by atoms with Crippen molar-refractivity contribution in [1.29, 1.82) is 0 Å². The van der Waals surface area contributed by atoms with Crippen molar-refractivity contribution in [2.45, 2.75) is 39.8 Å². The molecule has 29 heavy (non-hydrogen) atoms. The highest BCUT2D eigenvalue weighted by Gasteiger charge is 2.50. The molecule has 148 valence electrons.